The second-order valence-corrected chi connectivity index (χ2v) is 3.91. The highest BCUT2D eigenvalue weighted by molar-refractivity contribution is 5.28. The lowest BCUT2D eigenvalue weighted by atomic mass is 9.86. The summed E-state index contributed by atoms with van der Waals surface area (Å²) in [6.45, 7) is 0. The van der Waals surface area contributed by atoms with E-state index in [1.165, 1.54) is 0 Å². The summed E-state index contributed by atoms with van der Waals surface area (Å²) in [4.78, 5) is 0. The van der Waals surface area contributed by atoms with E-state index in [9.17, 15) is 26.3 Å². The maximum absolute atomic E-state index is 12.4. The Kier molecular flexibility index (Phi) is 3.32. The zero-order valence-electron chi connectivity index (χ0n) is 8.44. The predicted molar refractivity (Wildman–Crippen MR) is 48.5 cm³/mol. The second kappa shape index (κ2) is 4.02. The van der Waals surface area contributed by atoms with Gasteiger partial charge in [-0.3, -0.25) is 0 Å². The van der Waals surface area contributed by atoms with Gasteiger partial charge in [0.25, 0.3) is 0 Å². The number of hydrogen-bond acceptors (Lipinski definition) is 2. The van der Waals surface area contributed by atoms with Crippen LogP contribution in [0.3, 0.4) is 0 Å². The predicted octanol–water partition coefficient (Wildman–Crippen LogP) is 2.23. The minimum atomic E-state index is -5.41. The third-order valence-corrected chi connectivity index (χ3v) is 2.25. The lowest BCUT2D eigenvalue weighted by molar-refractivity contribution is -0.272. The van der Waals surface area contributed by atoms with Gasteiger partial charge in [-0.1, -0.05) is 18.2 Å². The molecule has 1 aliphatic carbocycles. The highest BCUT2D eigenvalue weighted by Gasteiger charge is 2.58. The SMILES string of the molecule is NC1(N)C=CC=C(C(C(F)(F)F)C(F)(F)F)C1. The number of nitrogens with two attached hydrogens (primary N) is 2. The fraction of sp³-hybridized carbons (Fsp3) is 0.556. The Morgan fingerprint density at radius 1 is 1.06 bits per heavy atom. The average Bonchev–Trinajstić information content (AvgIpc) is 1.94. The van der Waals surface area contributed by atoms with E-state index >= 15 is 0 Å². The summed E-state index contributed by atoms with van der Waals surface area (Å²) in [6.07, 6.45) is -8.60. The van der Waals surface area contributed by atoms with Gasteiger partial charge in [0.2, 0.25) is 0 Å². The molecule has 0 aromatic heterocycles. The third kappa shape index (κ3) is 3.47. The zero-order chi connectivity index (χ0) is 13.5. The molecular weight excluding hydrogens is 250 g/mol. The molecule has 8 heteroatoms. The van der Waals surface area contributed by atoms with Crippen LogP contribution in [0.25, 0.3) is 0 Å². The molecule has 1 aliphatic rings. The van der Waals surface area contributed by atoms with Gasteiger partial charge in [0.1, 0.15) is 0 Å². The maximum atomic E-state index is 12.4. The Morgan fingerprint density at radius 2 is 1.53 bits per heavy atom. The largest absolute Gasteiger partial charge is 0.404 e. The van der Waals surface area contributed by atoms with Crippen molar-refractivity contribution in [2.45, 2.75) is 24.4 Å². The molecule has 0 spiro atoms. The van der Waals surface area contributed by atoms with Crippen LogP contribution in [0, 0.1) is 5.92 Å². The van der Waals surface area contributed by atoms with Crippen LogP contribution in [0.1, 0.15) is 6.42 Å². The summed E-state index contributed by atoms with van der Waals surface area (Å²) >= 11 is 0. The van der Waals surface area contributed by atoms with Crippen LogP contribution in [0.4, 0.5) is 26.3 Å². The van der Waals surface area contributed by atoms with E-state index < -0.39 is 35.9 Å². The van der Waals surface area contributed by atoms with Crippen molar-refractivity contribution in [1.29, 1.82) is 0 Å². The van der Waals surface area contributed by atoms with Crippen molar-refractivity contribution in [3.63, 3.8) is 0 Å². The van der Waals surface area contributed by atoms with Gasteiger partial charge in [-0.15, -0.1) is 0 Å². The first-order valence-corrected chi connectivity index (χ1v) is 4.53. The number of hydrogen-bond donors (Lipinski definition) is 2. The topological polar surface area (TPSA) is 52.0 Å². The molecule has 4 N–H and O–H groups in total. The molecule has 17 heavy (non-hydrogen) atoms. The Bertz CT molecular complexity index is 335. The summed E-state index contributed by atoms with van der Waals surface area (Å²) in [5.74, 6) is -3.52. The molecular formula is C9H10F6N2. The second-order valence-electron chi connectivity index (χ2n) is 3.91. The minimum absolute atomic E-state index is 0.687. The molecule has 0 aromatic rings. The van der Waals surface area contributed by atoms with Crippen molar-refractivity contribution < 1.29 is 26.3 Å². The molecule has 0 radical (unpaired) electrons. The maximum Gasteiger partial charge on any atom is 0.404 e. The molecule has 0 saturated heterocycles. The van der Waals surface area contributed by atoms with E-state index in [4.69, 9.17) is 11.5 Å². The van der Waals surface area contributed by atoms with Gasteiger partial charge in [0.15, 0.2) is 5.92 Å². The summed E-state index contributed by atoms with van der Waals surface area (Å²) in [5.41, 5.74) is 8.06. The smallest absolute Gasteiger partial charge is 0.310 e. The van der Waals surface area contributed by atoms with E-state index in [0.717, 1.165) is 18.2 Å². The first-order chi connectivity index (χ1) is 7.43. The van der Waals surface area contributed by atoms with Gasteiger partial charge in [-0.25, -0.2) is 0 Å². The van der Waals surface area contributed by atoms with Crippen LogP contribution in [0.15, 0.2) is 23.8 Å². The van der Waals surface area contributed by atoms with Crippen molar-refractivity contribution in [1.82, 2.24) is 0 Å². The monoisotopic (exact) mass is 260 g/mol. The van der Waals surface area contributed by atoms with Gasteiger partial charge in [0, 0.05) is 6.42 Å². The normalized spacial score (nSPS) is 20.6. The Balaban J connectivity index is 3.10. The van der Waals surface area contributed by atoms with Crippen LogP contribution in [-0.2, 0) is 0 Å². The van der Waals surface area contributed by atoms with Crippen molar-refractivity contribution in [3.8, 4) is 0 Å². The number of allylic oxidation sites excluding steroid dienone is 2. The number of alkyl halides is 6. The van der Waals surface area contributed by atoms with Crippen molar-refractivity contribution in [3.05, 3.63) is 23.8 Å². The van der Waals surface area contributed by atoms with Gasteiger partial charge >= 0.3 is 12.4 Å². The van der Waals surface area contributed by atoms with Gasteiger partial charge in [-0.05, 0) is 5.57 Å². The summed E-state index contributed by atoms with van der Waals surface area (Å²) in [6, 6.07) is 0. The number of rotatable bonds is 1. The van der Waals surface area contributed by atoms with Gasteiger partial charge < -0.3 is 11.5 Å². The number of halogens is 6. The molecule has 0 aromatic carbocycles. The Morgan fingerprint density at radius 3 is 1.88 bits per heavy atom. The molecule has 0 saturated carbocycles. The van der Waals surface area contributed by atoms with Crippen LogP contribution in [-0.4, -0.2) is 18.0 Å². The van der Waals surface area contributed by atoms with E-state index in [1.54, 1.807) is 0 Å². The molecule has 0 bridgehead atoms. The van der Waals surface area contributed by atoms with Crippen LogP contribution >= 0.6 is 0 Å². The Hall–Kier alpha value is -1.02. The molecule has 0 atom stereocenters. The molecule has 0 fully saturated rings. The molecule has 0 amide bonds. The van der Waals surface area contributed by atoms with E-state index in [0.29, 0.717) is 0 Å². The van der Waals surface area contributed by atoms with Crippen LogP contribution in [0.2, 0.25) is 0 Å². The summed E-state index contributed by atoms with van der Waals surface area (Å²) in [7, 11) is 0. The molecule has 1 rings (SSSR count). The lowest BCUT2D eigenvalue weighted by Crippen LogP contribution is -2.50. The standard InChI is InChI=1S/C9H10F6N2/c10-8(11,12)6(9(13,14)15)5-2-1-3-7(16,17)4-5/h1-3,6H,4,16-17H2. The lowest BCUT2D eigenvalue weighted by Gasteiger charge is -2.31. The first-order valence-electron chi connectivity index (χ1n) is 4.53. The Labute approximate surface area is 92.9 Å². The van der Waals surface area contributed by atoms with Crippen LogP contribution in [0.5, 0.6) is 0 Å². The quantitative estimate of drug-likeness (QED) is 0.561. The molecule has 0 unspecified atom stereocenters. The fourth-order valence-corrected chi connectivity index (χ4v) is 1.63. The first kappa shape index (κ1) is 14.0. The van der Waals surface area contributed by atoms with Crippen LogP contribution < -0.4 is 11.5 Å². The van der Waals surface area contributed by atoms with Crippen molar-refractivity contribution in [2.75, 3.05) is 0 Å². The fourth-order valence-electron chi connectivity index (χ4n) is 1.63. The van der Waals surface area contributed by atoms with Crippen molar-refractivity contribution in [2.24, 2.45) is 17.4 Å². The molecule has 0 heterocycles. The molecule has 0 aliphatic heterocycles. The average molecular weight is 260 g/mol. The highest BCUT2D eigenvalue weighted by atomic mass is 19.4. The van der Waals surface area contributed by atoms with Gasteiger partial charge in [-0.2, -0.15) is 26.3 Å². The van der Waals surface area contributed by atoms with Gasteiger partial charge in [0.05, 0.1) is 5.66 Å². The zero-order valence-corrected chi connectivity index (χ0v) is 8.44. The minimum Gasteiger partial charge on any atom is -0.310 e. The summed E-state index contributed by atoms with van der Waals surface area (Å²) < 4.78 is 74.3. The van der Waals surface area contributed by atoms with Crippen molar-refractivity contribution >= 4 is 0 Å². The van der Waals surface area contributed by atoms with E-state index in [1.807, 2.05) is 0 Å². The highest BCUT2D eigenvalue weighted by Crippen LogP contribution is 2.45. The molecule has 2 nitrogen and oxygen atoms in total. The third-order valence-electron chi connectivity index (χ3n) is 2.25. The van der Waals surface area contributed by atoms with E-state index in [-0.39, 0.29) is 0 Å². The summed E-state index contributed by atoms with van der Waals surface area (Å²) in [5, 5.41) is 0. The van der Waals surface area contributed by atoms with E-state index in [2.05, 4.69) is 0 Å². The molecule has 98 valence electrons.